The van der Waals surface area contributed by atoms with Gasteiger partial charge in [0.2, 0.25) is 0 Å². The molecule has 0 aliphatic heterocycles. The molecule has 2 aromatic rings. The lowest BCUT2D eigenvalue weighted by Crippen LogP contribution is -2.10. The normalized spacial score (nSPS) is 14.9. The van der Waals surface area contributed by atoms with Gasteiger partial charge in [0.25, 0.3) is 0 Å². The van der Waals surface area contributed by atoms with Crippen LogP contribution in [0.5, 0.6) is 0 Å². The first-order valence-corrected chi connectivity index (χ1v) is 6.49. The van der Waals surface area contributed by atoms with Crippen molar-refractivity contribution in [3.63, 3.8) is 0 Å². The molecular weight excluding hydrogens is 264 g/mol. The maximum atomic E-state index is 4.68. The van der Waals surface area contributed by atoms with Crippen LogP contribution in [0.3, 0.4) is 0 Å². The Morgan fingerprint density at radius 2 is 1.94 bits per heavy atom. The van der Waals surface area contributed by atoms with Crippen LogP contribution in [0, 0.1) is 0 Å². The van der Waals surface area contributed by atoms with E-state index in [1.165, 1.54) is 0 Å². The van der Waals surface area contributed by atoms with Crippen molar-refractivity contribution >= 4 is 27.0 Å². The molecule has 3 heteroatoms. The molecular formula is C13H15BrN2. The van der Waals surface area contributed by atoms with E-state index in [4.69, 9.17) is 0 Å². The van der Waals surface area contributed by atoms with Gasteiger partial charge >= 0.3 is 0 Å². The van der Waals surface area contributed by atoms with E-state index in [1.54, 1.807) is 0 Å². The van der Waals surface area contributed by atoms with E-state index in [0.29, 0.717) is 10.7 Å². The lowest BCUT2D eigenvalue weighted by Gasteiger charge is -2.16. The highest BCUT2D eigenvalue weighted by atomic mass is 79.9. The molecule has 0 amide bonds. The zero-order chi connectivity index (χ0) is 11.5. The largest absolute Gasteiger partial charge is 0.253 e. The summed E-state index contributed by atoms with van der Waals surface area (Å²) in [5.74, 6) is 0.428. The van der Waals surface area contributed by atoms with Gasteiger partial charge in [-0.15, -0.1) is 0 Å². The summed E-state index contributed by atoms with van der Waals surface area (Å²) in [6.07, 6.45) is 2.97. The number of hydrogen-bond donors (Lipinski definition) is 0. The number of nitrogens with zero attached hydrogens (tertiary/aromatic N) is 2. The fraction of sp³-hybridized carbons (Fsp3) is 0.385. The number of rotatable bonds is 3. The summed E-state index contributed by atoms with van der Waals surface area (Å²) in [6.45, 7) is 4.34. The number of aromatic nitrogens is 2. The van der Waals surface area contributed by atoms with Crippen LogP contribution in [0.1, 0.15) is 31.9 Å². The van der Waals surface area contributed by atoms with Crippen molar-refractivity contribution in [1.29, 1.82) is 0 Å². The molecule has 1 aromatic heterocycles. The lowest BCUT2D eigenvalue weighted by molar-refractivity contribution is 0.643. The Kier molecular flexibility index (Phi) is 3.54. The highest BCUT2D eigenvalue weighted by Gasteiger charge is 2.16. The van der Waals surface area contributed by atoms with Crippen molar-refractivity contribution < 1.29 is 0 Å². The predicted octanol–water partition coefficient (Wildman–Crippen LogP) is 3.91. The third kappa shape index (κ3) is 2.24. The van der Waals surface area contributed by atoms with Crippen LogP contribution in [0.15, 0.2) is 30.5 Å². The number of hydrogen-bond acceptors (Lipinski definition) is 2. The van der Waals surface area contributed by atoms with Crippen molar-refractivity contribution in [2.45, 2.75) is 31.0 Å². The first kappa shape index (κ1) is 11.5. The average Bonchev–Trinajstić information content (AvgIpc) is 2.29. The van der Waals surface area contributed by atoms with E-state index < -0.39 is 0 Å². The summed E-state index contributed by atoms with van der Waals surface area (Å²) < 4.78 is 0. The van der Waals surface area contributed by atoms with Crippen molar-refractivity contribution in [2.24, 2.45) is 0 Å². The SMILES string of the molecule is CCC(c1cnc2ccccc2n1)C(C)Br. The number of alkyl halides is 1. The topological polar surface area (TPSA) is 25.8 Å². The Hall–Kier alpha value is -0.960. The van der Waals surface area contributed by atoms with Gasteiger partial charge in [-0.05, 0) is 18.6 Å². The fourth-order valence-electron chi connectivity index (χ4n) is 1.92. The molecule has 1 heterocycles. The molecule has 2 unspecified atom stereocenters. The molecule has 1 aromatic carbocycles. The van der Waals surface area contributed by atoms with Gasteiger partial charge in [0.05, 0.1) is 16.7 Å². The van der Waals surface area contributed by atoms with Gasteiger partial charge in [0.15, 0.2) is 0 Å². The lowest BCUT2D eigenvalue weighted by atomic mass is 10.00. The maximum Gasteiger partial charge on any atom is 0.0890 e. The molecule has 0 saturated carbocycles. The summed E-state index contributed by atoms with van der Waals surface area (Å²) in [5, 5.41) is 0. The third-order valence-corrected chi connectivity index (χ3v) is 3.48. The van der Waals surface area contributed by atoms with E-state index in [9.17, 15) is 0 Å². The number of fused-ring (bicyclic) bond motifs is 1. The summed E-state index contributed by atoms with van der Waals surface area (Å²) in [7, 11) is 0. The Bertz CT molecular complexity index is 482. The first-order valence-electron chi connectivity index (χ1n) is 5.58. The van der Waals surface area contributed by atoms with Crippen molar-refractivity contribution in [3.8, 4) is 0 Å². The molecule has 16 heavy (non-hydrogen) atoms. The van der Waals surface area contributed by atoms with Crippen LogP contribution in [0.4, 0.5) is 0 Å². The smallest absolute Gasteiger partial charge is 0.0890 e. The highest BCUT2D eigenvalue weighted by Crippen LogP contribution is 2.26. The second-order valence-electron chi connectivity index (χ2n) is 3.98. The van der Waals surface area contributed by atoms with E-state index >= 15 is 0 Å². The first-order chi connectivity index (χ1) is 7.72. The van der Waals surface area contributed by atoms with E-state index in [2.05, 4.69) is 39.7 Å². The standard InChI is InChI=1S/C13H15BrN2/c1-3-10(9(2)14)13-8-15-11-6-4-5-7-12(11)16-13/h4-10H,3H2,1-2H3. The molecule has 0 spiro atoms. The minimum atomic E-state index is 0.424. The number of benzene rings is 1. The Labute approximate surface area is 104 Å². The van der Waals surface area contributed by atoms with Crippen LogP contribution in [-0.4, -0.2) is 14.8 Å². The monoisotopic (exact) mass is 278 g/mol. The van der Waals surface area contributed by atoms with Crippen molar-refractivity contribution in [1.82, 2.24) is 9.97 Å². The van der Waals surface area contributed by atoms with Crippen LogP contribution >= 0.6 is 15.9 Å². The molecule has 0 fully saturated rings. The second-order valence-corrected chi connectivity index (χ2v) is 5.42. The van der Waals surface area contributed by atoms with E-state index in [-0.39, 0.29) is 0 Å². The highest BCUT2D eigenvalue weighted by molar-refractivity contribution is 9.09. The molecule has 0 aliphatic carbocycles. The fourth-order valence-corrected chi connectivity index (χ4v) is 2.56. The molecule has 0 N–H and O–H groups in total. The van der Waals surface area contributed by atoms with Gasteiger partial charge in [-0.25, -0.2) is 4.98 Å². The van der Waals surface area contributed by atoms with Gasteiger partial charge in [-0.1, -0.05) is 41.9 Å². The van der Waals surface area contributed by atoms with Crippen molar-refractivity contribution in [2.75, 3.05) is 0 Å². The average molecular weight is 279 g/mol. The molecule has 2 rings (SSSR count). The quantitative estimate of drug-likeness (QED) is 0.796. The zero-order valence-corrected chi connectivity index (χ0v) is 11.1. The summed E-state index contributed by atoms with van der Waals surface area (Å²) in [5.41, 5.74) is 3.01. The van der Waals surface area contributed by atoms with Crippen LogP contribution < -0.4 is 0 Å². The molecule has 0 aliphatic rings. The van der Waals surface area contributed by atoms with E-state index in [0.717, 1.165) is 23.1 Å². The summed E-state index contributed by atoms with van der Waals surface area (Å²) >= 11 is 3.63. The molecule has 84 valence electrons. The van der Waals surface area contributed by atoms with Gasteiger partial charge in [-0.3, -0.25) is 4.98 Å². The second kappa shape index (κ2) is 4.91. The summed E-state index contributed by atoms with van der Waals surface area (Å²) in [4.78, 5) is 9.55. The molecule has 0 radical (unpaired) electrons. The Balaban J connectivity index is 2.45. The van der Waals surface area contributed by atoms with E-state index in [1.807, 2.05) is 30.5 Å². The minimum absolute atomic E-state index is 0.424. The minimum Gasteiger partial charge on any atom is -0.253 e. The summed E-state index contributed by atoms with van der Waals surface area (Å²) in [6, 6.07) is 7.99. The molecule has 0 bridgehead atoms. The van der Waals surface area contributed by atoms with Crippen LogP contribution in [0.2, 0.25) is 0 Å². The van der Waals surface area contributed by atoms with Crippen LogP contribution in [0.25, 0.3) is 11.0 Å². The molecule has 0 saturated heterocycles. The third-order valence-electron chi connectivity index (χ3n) is 2.84. The number of para-hydroxylation sites is 2. The molecule has 2 atom stereocenters. The zero-order valence-electron chi connectivity index (χ0n) is 9.52. The Morgan fingerprint density at radius 1 is 1.25 bits per heavy atom. The van der Waals surface area contributed by atoms with Gasteiger partial charge in [-0.2, -0.15) is 0 Å². The maximum absolute atomic E-state index is 4.68. The number of halogens is 1. The van der Waals surface area contributed by atoms with Gasteiger partial charge in [0, 0.05) is 16.9 Å². The van der Waals surface area contributed by atoms with Gasteiger partial charge in [0.1, 0.15) is 0 Å². The Morgan fingerprint density at radius 3 is 2.56 bits per heavy atom. The van der Waals surface area contributed by atoms with Crippen LogP contribution in [-0.2, 0) is 0 Å². The predicted molar refractivity (Wildman–Crippen MR) is 71.0 cm³/mol. The van der Waals surface area contributed by atoms with Gasteiger partial charge < -0.3 is 0 Å². The molecule has 2 nitrogen and oxygen atoms in total. The van der Waals surface area contributed by atoms with Crippen molar-refractivity contribution in [3.05, 3.63) is 36.2 Å².